The summed E-state index contributed by atoms with van der Waals surface area (Å²) in [6.45, 7) is 13.6. The highest BCUT2D eigenvalue weighted by Crippen LogP contribution is 2.34. The third-order valence-electron chi connectivity index (χ3n) is 3.81. The van der Waals surface area contributed by atoms with Crippen molar-refractivity contribution >= 4 is 7.28 Å². The predicted molar refractivity (Wildman–Crippen MR) is 68.1 cm³/mol. The van der Waals surface area contributed by atoms with E-state index < -0.39 is 0 Å². The van der Waals surface area contributed by atoms with E-state index in [2.05, 4.69) is 54.9 Å². The molecule has 0 N–H and O–H groups in total. The van der Waals surface area contributed by atoms with Gasteiger partial charge in [0, 0.05) is 0 Å². The molecule has 0 aliphatic carbocycles. The van der Waals surface area contributed by atoms with Crippen LogP contribution in [0.3, 0.4) is 0 Å². The lowest BCUT2D eigenvalue weighted by Gasteiger charge is -2.27. The quantitative estimate of drug-likeness (QED) is 0.423. The molecule has 1 unspecified atom stereocenters. The lowest BCUT2D eigenvalue weighted by atomic mass is 9.47. The van der Waals surface area contributed by atoms with Crippen LogP contribution in [0.5, 0.6) is 0 Å². The first-order valence-electron chi connectivity index (χ1n) is 5.96. The highest BCUT2D eigenvalue weighted by Gasteiger charge is 2.21. The van der Waals surface area contributed by atoms with Crippen molar-refractivity contribution in [3.05, 3.63) is 11.6 Å². The fourth-order valence-corrected chi connectivity index (χ4v) is 1.47. The molecule has 0 spiro atoms. The Labute approximate surface area is 91.4 Å². The molecule has 0 aromatic carbocycles. The lowest BCUT2D eigenvalue weighted by molar-refractivity contribution is 0.554. The Morgan fingerprint density at radius 3 is 2.21 bits per heavy atom. The molecule has 0 aliphatic rings. The molecule has 0 nitrogen and oxygen atoms in total. The smallest absolute Gasteiger partial charge is 0.0885 e. The van der Waals surface area contributed by atoms with E-state index in [4.69, 9.17) is 0 Å². The predicted octanol–water partition coefficient (Wildman–Crippen LogP) is 4.71. The maximum Gasteiger partial charge on any atom is 0.118 e. The van der Waals surface area contributed by atoms with E-state index in [0.717, 1.165) is 0 Å². The average Bonchev–Trinajstić information content (AvgIpc) is 2.24. The minimum atomic E-state index is 0.447. The maximum absolute atomic E-state index is 2.52. The minimum absolute atomic E-state index is 0.447. The van der Waals surface area contributed by atoms with Gasteiger partial charge in [0.15, 0.2) is 0 Å². The standard InChI is InChI=1S/C13H26B/c1-7-11(4)12(5)10-14-13(6,8-2)9-3/h7,12H,8-10H2,1-6H3/b11-7+. The third-order valence-corrected chi connectivity index (χ3v) is 3.81. The zero-order valence-electron chi connectivity index (χ0n) is 10.9. The van der Waals surface area contributed by atoms with Gasteiger partial charge in [-0.1, -0.05) is 63.8 Å². The molecule has 0 aromatic rings. The SMILES string of the molecule is C/C=C(\C)C(C)C[B]C(C)(CC)CC. The van der Waals surface area contributed by atoms with Crippen molar-refractivity contribution in [2.24, 2.45) is 5.92 Å². The van der Waals surface area contributed by atoms with Gasteiger partial charge >= 0.3 is 0 Å². The van der Waals surface area contributed by atoms with Gasteiger partial charge in [-0.15, -0.1) is 0 Å². The molecule has 0 saturated carbocycles. The summed E-state index contributed by atoms with van der Waals surface area (Å²) in [5, 5.41) is 0.447. The van der Waals surface area contributed by atoms with Gasteiger partial charge < -0.3 is 0 Å². The van der Waals surface area contributed by atoms with Gasteiger partial charge in [-0.05, 0) is 19.8 Å². The Kier molecular flexibility index (Phi) is 6.23. The molecule has 0 fully saturated rings. The summed E-state index contributed by atoms with van der Waals surface area (Å²) in [5.74, 6) is 0.706. The van der Waals surface area contributed by atoms with Crippen LogP contribution < -0.4 is 0 Å². The van der Waals surface area contributed by atoms with Crippen LogP contribution in [0.4, 0.5) is 0 Å². The Bertz CT molecular complexity index is 178. The fourth-order valence-electron chi connectivity index (χ4n) is 1.47. The second kappa shape index (κ2) is 6.32. The third kappa shape index (κ3) is 4.35. The molecule has 0 bridgehead atoms. The van der Waals surface area contributed by atoms with E-state index >= 15 is 0 Å². The van der Waals surface area contributed by atoms with Gasteiger partial charge in [0.2, 0.25) is 0 Å². The molecule has 0 amide bonds. The lowest BCUT2D eigenvalue weighted by Crippen LogP contribution is -2.17. The van der Waals surface area contributed by atoms with Gasteiger partial charge in [-0.2, -0.15) is 0 Å². The summed E-state index contributed by atoms with van der Waals surface area (Å²) in [7, 11) is 2.52. The van der Waals surface area contributed by atoms with Crippen LogP contribution in [-0.2, 0) is 0 Å². The maximum atomic E-state index is 2.52. The largest absolute Gasteiger partial charge is 0.118 e. The van der Waals surface area contributed by atoms with Crippen molar-refractivity contribution in [2.75, 3.05) is 0 Å². The Hall–Kier alpha value is -0.195. The normalized spacial score (nSPS) is 15.4. The van der Waals surface area contributed by atoms with Crippen molar-refractivity contribution in [1.29, 1.82) is 0 Å². The Morgan fingerprint density at radius 2 is 1.86 bits per heavy atom. The molecule has 0 heterocycles. The highest BCUT2D eigenvalue weighted by molar-refractivity contribution is 6.40. The number of rotatable bonds is 6. The highest BCUT2D eigenvalue weighted by atomic mass is 14.1. The molecular formula is C13H26B. The van der Waals surface area contributed by atoms with Crippen molar-refractivity contribution in [2.45, 2.75) is 66.0 Å². The van der Waals surface area contributed by atoms with E-state index in [0.29, 0.717) is 11.2 Å². The number of hydrogen-bond acceptors (Lipinski definition) is 0. The second-order valence-corrected chi connectivity index (χ2v) is 4.73. The van der Waals surface area contributed by atoms with E-state index in [9.17, 15) is 0 Å². The molecule has 1 heteroatoms. The van der Waals surface area contributed by atoms with Crippen LogP contribution in [-0.4, -0.2) is 7.28 Å². The van der Waals surface area contributed by atoms with Gasteiger partial charge in [0.25, 0.3) is 0 Å². The second-order valence-electron chi connectivity index (χ2n) is 4.73. The first-order chi connectivity index (χ1) is 6.49. The van der Waals surface area contributed by atoms with Crippen LogP contribution in [0.25, 0.3) is 0 Å². The molecule has 81 valence electrons. The van der Waals surface area contributed by atoms with Crippen LogP contribution in [0.1, 0.15) is 54.4 Å². The van der Waals surface area contributed by atoms with Gasteiger partial charge in [-0.25, -0.2) is 0 Å². The van der Waals surface area contributed by atoms with E-state index in [1.807, 2.05) is 0 Å². The summed E-state index contributed by atoms with van der Waals surface area (Å²) < 4.78 is 0. The molecule has 0 rings (SSSR count). The molecule has 1 radical (unpaired) electrons. The average molecular weight is 193 g/mol. The van der Waals surface area contributed by atoms with Crippen LogP contribution >= 0.6 is 0 Å². The first-order valence-corrected chi connectivity index (χ1v) is 5.96. The molecular weight excluding hydrogens is 167 g/mol. The monoisotopic (exact) mass is 193 g/mol. The van der Waals surface area contributed by atoms with Gasteiger partial charge in [-0.3, -0.25) is 0 Å². The van der Waals surface area contributed by atoms with Crippen molar-refractivity contribution in [3.63, 3.8) is 0 Å². The summed E-state index contributed by atoms with van der Waals surface area (Å²) in [4.78, 5) is 0. The van der Waals surface area contributed by atoms with Crippen molar-refractivity contribution < 1.29 is 0 Å². The summed E-state index contributed by atoms with van der Waals surface area (Å²) >= 11 is 0. The Morgan fingerprint density at radius 1 is 1.36 bits per heavy atom. The summed E-state index contributed by atoms with van der Waals surface area (Å²) in [6, 6.07) is 0. The zero-order chi connectivity index (χ0) is 11.2. The topological polar surface area (TPSA) is 0 Å². The molecule has 0 aliphatic heterocycles. The van der Waals surface area contributed by atoms with E-state index in [1.54, 1.807) is 0 Å². The van der Waals surface area contributed by atoms with Crippen LogP contribution in [0.2, 0.25) is 11.6 Å². The van der Waals surface area contributed by atoms with Gasteiger partial charge in [0.1, 0.15) is 7.28 Å². The number of allylic oxidation sites excluding steroid dienone is 2. The van der Waals surface area contributed by atoms with Crippen LogP contribution in [0, 0.1) is 5.92 Å². The number of hydrogen-bond donors (Lipinski definition) is 0. The molecule has 0 aromatic heterocycles. The molecule has 1 atom stereocenters. The minimum Gasteiger partial charge on any atom is -0.0885 e. The fraction of sp³-hybridized carbons (Fsp3) is 0.846. The first kappa shape index (κ1) is 13.8. The Balaban J connectivity index is 4.04. The summed E-state index contributed by atoms with van der Waals surface area (Å²) in [6.07, 6.45) is 5.96. The summed E-state index contributed by atoms with van der Waals surface area (Å²) in [5.41, 5.74) is 1.51. The van der Waals surface area contributed by atoms with Crippen LogP contribution in [0.15, 0.2) is 11.6 Å². The van der Waals surface area contributed by atoms with Crippen molar-refractivity contribution in [1.82, 2.24) is 0 Å². The van der Waals surface area contributed by atoms with E-state index in [1.165, 1.54) is 24.7 Å². The van der Waals surface area contributed by atoms with E-state index in [-0.39, 0.29) is 0 Å². The molecule has 0 saturated heterocycles. The van der Waals surface area contributed by atoms with Gasteiger partial charge in [0.05, 0.1) is 0 Å². The molecule has 14 heavy (non-hydrogen) atoms. The zero-order valence-corrected chi connectivity index (χ0v) is 10.9. The van der Waals surface area contributed by atoms with Crippen molar-refractivity contribution in [3.8, 4) is 0 Å².